The lowest BCUT2D eigenvalue weighted by Gasteiger charge is -2.10. The van der Waals surface area contributed by atoms with Gasteiger partial charge in [-0.05, 0) is 37.1 Å². The summed E-state index contributed by atoms with van der Waals surface area (Å²) < 4.78 is 1.58. The van der Waals surface area contributed by atoms with Gasteiger partial charge in [-0.25, -0.2) is 0 Å². The largest absolute Gasteiger partial charge is 0.397 e. The zero-order valence-electron chi connectivity index (χ0n) is 10.7. The van der Waals surface area contributed by atoms with Crippen LogP contribution in [0.2, 0.25) is 0 Å². The van der Waals surface area contributed by atoms with Crippen molar-refractivity contribution in [1.29, 1.82) is 0 Å². The molecule has 18 heavy (non-hydrogen) atoms. The van der Waals surface area contributed by atoms with Gasteiger partial charge in [-0.2, -0.15) is 5.10 Å². The molecular weight excluding hydrogens is 228 g/mol. The molecule has 0 spiro atoms. The van der Waals surface area contributed by atoms with Gasteiger partial charge in [0.25, 0.3) is 5.91 Å². The minimum atomic E-state index is -0.210. The van der Waals surface area contributed by atoms with E-state index in [1.807, 2.05) is 26.0 Å². The van der Waals surface area contributed by atoms with E-state index >= 15 is 0 Å². The number of aryl methyl sites for hydroxylation is 3. The Morgan fingerprint density at radius 3 is 2.61 bits per heavy atom. The highest BCUT2D eigenvalue weighted by molar-refractivity contribution is 6.05. The lowest BCUT2D eigenvalue weighted by atomic mass is 10.1. The molecule has 5 heteroatoms. The number of aromatic nitrogens is 2. The van der Waals surface area contributed by atoms with Crippen molar-refractivity contribution in [1.82, 2.24) is 9.78 Å². The number of amides is 1. The molecule has 1 heterocycles. The van der Waals surface area contributed by atoms with E-state index in [0.29, 0.717) is 16.9 Å². The summed E-state index contributed by atoms with van der Waals surface area (Å²) in [5.74, 6) is -0.210. The van der Waals surface area contributed by atoms with Crippen LogP contribution in [0, 0.1) is 13.8 Å². The highest BCUT2D eigenvalue weighted by Gasteiger charge is 2.10. The van der Waals surface area contributed by atoms with E-state index in [4.69, 9.17) is 5.73 Å². The van der Waals surface area contributed by atoms with Crippen molar-refractivity contribution in [2.45, 2.75) is 13.8 Å². The molecule has 0 bridgehead atoms. The highest BCUT2D eigenvalue weighted by Crippen LogP contribution is 2.23. The number of rotatable bonds is 2. The monoisotopic (exact) mass is 244 g/mol. The van der Waals surface area contributed by atoms with Crippen LogP contribution in [-0.2, 0) is 7.05 Å². The first kappa shape index (κ1) is 12.2. The van der Waals surface area contributed by atoms with Gasteiger partial charge in [-0.15, -0.1) is 0 Å². The molecule has 0 radical (unpaired) electrons. The Morgan fingerprint density at radius 1 is 1.33 bits per heavy atom. The lowest BCUT2D eigenvalue weighted by molar-refractivity contribution is 0.102. The zero-order chi connectivity index (χ0) is 13.3. The molecule has 0 aliphatic heterocycles. The number of anilines is 2. The van der Waals surface area contributed by atoms with Gasteiger partial charge in [-0.3, -0.25) is 9.48 Å². The maximum absolute atomic E-state index is 12.0. The molecule has 5 nitrogen and oxygen atoms in total. The van der Waals surface area contributed by atoms with Crippen molar-refractivity contribution in [2.75, 3.05) is 11.1 Å². The second kappa shape index (κ2) is 4.52. The smallest absolute Gasteiger partial charge is 0.258 e. The molecule has 0 atom stereocenters. The first-order valence-corrected chi connectivity index (χ1v) is 5.64. The third kappa shape index (κ3) is 2.34. The van der Waals surface area contributed by atoms with E-state index in [2.05, 4.69) is 10.4 Å². The minimum absolute atomic E-state index is 0.210. The fraction of sp³-hybridized carbons (Fsp3) is 0.231. The van der Waals surface area contributed by atoms with Crippen LogP contribution in [0.5, 0.6) is 0 Å². The van der Waals surface area contributed by atoms with Crippen molar-refractivity contribution in [3.63, 3.8) is 0 Å². The summed E-state index contributed by atoms with van der Waals surface area (Å²) in [6.45, 7) is 3.97. The van der Waals surface area contributed by atoms with Crippen molar-refractivity contribution >= 4 is 17.3 Å². The standard InChI is InChI=1S/C13H16N4O/c1-8-4-11(14)12(5-9(8)2)16-13(18)10-6-15-17(3)7-10/h4-7H,14H2,1-3H3,(H,16,18). The summed E-state index contributed by atoms with van der Waals surface area (Å²) in [5, 5.41) is 6.75. The molecule has 1 amide bonds. The predicted octanol–water partition coefficient (Wildman–Crippen LogP) is 1.87. The van der Waals surface area contributed by atoms with Crippen LogP contribution in [0.15, 0.2) is 24.5 Å². The van der Waals surface area contributed by atoms with Crippen LogP contribution in [0.25, 0.3) is 0 Å². The number of nitrogens with zero attached hydrogens (tertiary/aromatic N) is 2. The summed E-state index contributed by atoms with van der Waals surface area (Å²) in [4.78, 5) is 12.0. The Kier molecular flexibility index (Phi) is 3.06. The number of benzene rings is 1. The zero-order valence-corrected chi connectivity index (χ0v) is 10.7. The predicted molar refractivity (Wildman–Crippen MR) is 71.5 cm³/mol. The molecule has 0 unspecified atom stereocenters. The van der Waals surface area contributed by atoms with Crippen LogP contribution < -0.4 is 11.1 Å². The van der Waals surface area contributed by atoms with Gasteiger partial charge in [0, 0.05) is 13.2 Å². The second-order valence-electron chi connectivity index (χ2n) is 4.38. The van der Waals surface area contributed by atoms with Crippen molar-refractivity contribution in [2.24, 2.45) is 7.05 Å². The SMILES string of the molecule is Cc1cc(N)c(NC(=O)c2cnn(C)c2)cc1C. The topological polar surface area (TPSA) is 72.9 Å². The normalized spacial score (nSPS) is 10.4. The van der Waals surface area contributed by atoms with Crippen LogP contribution in [0.4, 0.5) is 11.4 Å². The molecule has 0 saturated heterocycles. The van der Waals surface area contributed by atoms with E-state index in [0.717, 1.165) is 11.1 Å². The first-order chi connectivity index (χ1) is 8.47. The Morgan fingerprint density at radius 2 is 2.00 bits per heavy atom. The Labute approximate surface area is 106 Å². The Hall–Kier alpha value is -2.30. The molecule has 1 aromatic carbocycles. The number of hydrogen-bond acceptors (Lipinski definition) is 3. The van der Waals surface area contributed by atoms with E-state index < -0.39 is 0 Å². The van der Waals surface area contributed by atoms with E-state index in [1.165, 1.54) is 6.20 Å². The third-order valence-electron chi connectivity index (χ3n) is 2.88. The fourth-order valence-corrected chi connectivity index (χ4v) is 1.68. The Bertz CT molecular complexity index is 601. The molecule has 0 fully saturated rings. The van der Waals surface area contributed by atoms with Crippen LogP contribution in [0.3, 0.4) is 0 Å². The number of nitrogen functional groups attached to an aromatic ring is 1. The van der Waals surface area contributed by atoms with Gasteiger partial charge in [0.1, 0.15) is 0 Å². The van der Waals surface area contributed by atoms with Crippen LogP contribution >= 0.6 is 0 Å². The van der Waals surface area contributed by atoms with Gasteiger partial charge >= 0.3 is 0 Å². The number of hydrogen-bond donors (Lipinski definition) is 2. The summed E-state index contributed by atoms with van der Waals surface area (Å²) in [6, 6.07) is 3.73. The first-order valence-electron chi connectivity index (χ1n) is 5.64. The van der Waals surface area contributed by atoms with Crippen LogP contribution in [0.1, 0.15) is 21.5 Å². The van der Waals surface area contributed by atoms with E-state index in [1.54, 1.807) is 17.9 Å². The molecule has 94 valence electrons. The number of nitrogens with one attached hydrogen (secondary N) is 1. The minimum Gasteiger partial charge on any atom is -0.397 e. The molecule has 2 rings (SSSR count). The molecule has 2 aromatic rings. The molecule has 0 saturated carbocycles. The summed E-state index contributed by atoms with van der Waals surface area (Å²) >= 11 is 0. The molecule has 3 N–H and O–H groups in total. The number of carbonyl (C=O) groups excluding carboxylic acids is 1. The summed E-state index contributed by atoms with van der Waals surface area (Å²) in [5.41, 5.74) is 9.78. The van der Waals surface area contributed by atoms with Gasteiger partial charge < -0.3 is 11.1 Å². The van der Waals surface area contributed by atoms with Gasteiger partial charge in [0.05, 0.1) is 23.1 Å². The summed E-state index contributed by atoms with van der Waals surface area (Å²) in [7, 11) is 1.77. The lowest BCUT2D eigenvalue weighted by Crippen LogP contribution is -2.13. The highest BCUT2D eigenvalue weighted by atomic mass is 16.1. The number of nitrogens with two attached hydrogens (primary N) is 1. The van der Waals surface area contributed by atoms with Crippen molar-refractivity contribution in [3.8, 4) is 0 Å². The van der Waals surface area contributed by atoms with Gasteiger partial charge in [0.2, 0.25) is 0 Å². The maximum atomic E-state index is 12.0. The van der Waals surface area contributed by atoms with Crippen molar-refractivity contribution < 1.29 is 4.79 Å². The molecule has 0 aliphatic carbocycles. The van der Waals surface area contributed by atoms with Crippen molar-refractivity contribution in [3.05, 3.63) is 41.2 Å². The van der Waals surface area contributed by atoms with Crippen LogP contribution in [-0.4, -0.2) is 15.7 Å². The average Bonchev–Trinajstić information content (AvgIpc) is 2.73. The second-order valence-corrected chi connectivity index (χ2v) is 4.38. The average molecular weight is 244 g/mol. The molecular formula is C13H16N4O. The van der Waals surface area contributed by atoms with E-state index in [-0.39, 0.29) is 5.91 Å². The molecule has 0 aliphatic rings. The maximum Gasteiger partial charge on any atom is 0.258 e. The van der Waals surface area contributed by atoms with Gasteiger partial charge in [0.15, 0.2) is 0 Å². The Balaban J connectivity index is 2.24. The third-order valence-corrected chi connectivity index (χ3v) is 2.88. The summed E-state index contributed by atoms with van der Waals surface area (Å²) in [6.07, 6.45) is 3.18. The number of carbonyl (C=O) groups is 1. The van der Waals surface area contributed by atoms with Gasteiger partial charge in [-0.1, -0.05) is 0 Å². The fourth-order valence-electron chi connectivity index (χ4n) is 1.68. The molecule has 1 aromatic heterocycles. The van der Waals surface area contributed by atoms with E-state index in [9.17, 15) is 4.79 Å². The quantitative estimate of drug-likeness (QED) is 0.792.